The standard InChI is InChI=1S/C23H27NO7S/c1-2-28-18-7-9-20(10-8-18)32(26,27)24-13-11-17(12-14-24)23(25)30-16-19-15-29-21-5-3-4-6-22(21)31-19/h3-10,17,19H,2,11-16H2,1H3. The fraction of sp³-hybridized carbons (Fsp3) is 0.435. The van der Waals surface area contributed by atoms with E-state index in [2.05, 4.69) is 0 Å². The molecule has 0 aliphatic carbocycles. The largest absolute Gasteiger partial charge is 0.494 e. The molecular formula is C23H27NO7S. The molecule has 32 heavy (non-hydrogen) atoms. The first-order chi connectivity index (χ1) is 15.5. The highest BCUT2D eigenvalue weighted by Crippen LogP contribution is 2.31. The van der Waals surface area contributed by atoms with Crippen LogP contribution in [0.3, 0.4) is 0 Å². The van der Waals surface area contributed by atoms with E-state index in [1.165, 1.54) is 4.31 Å². The minimum atomic E-state index is -3.61. The second-order valence-electron chi connectivity index (χ2n) is 7.71. The van der Waals surface area contributed by atoms with Gasteiger partial charge in [-0.05, 0) is 56.2 Å². The first kappa shape index (κ1) is 22.4. The number of sulfonamides is 1. The molecule has 1 saturated heterocycles. The summed E-state index contributed by atoms with van der Waals surface area (Å²) in [6.07, 6.45) is 0.467. The monoisotopic (exact) mass is 461 g/mol. The van der Waals surface area contributed by atoms with E-state index in [4.69, 9.17) is 18.9 Å². The third kappa shape index (κ3) is 4.99. The van der Waals surface area contributed by atoms with E-state index in [0.29, 0.717) is 43.3 Å². The van der Waals surface area contributed by atoms with Gasteiger partial charge < -0.3 is 18.9 Å². The molecule has 2 aromatic carbocycles. The van der Waals surface area contributed by atoms with E-state index in [1.54, 1.807) is 24.3 Å². The number of hydrogen-bond acceptors (Lipinski definition) is 7. The molecule has 0 N–H and O–H groups in total. The van der Waals surface area contributed by atoms with Crippen LogP contribution in [0.4, 0.5) is 0 Å². The molecule has 2 heterocycles. The summed E-state index contributed by atoms with van der Waals surface area (Å²) in [7, 11) is -3.61. The SMILES string of the molecule is CCOc1ccc(S(=O)(=O)N2CCC(C(=O)OCC3COc4ccccc4O3)CC2)cc1. The van der Waals surface area contributed by atoms with E-state index in [9.17, 15) is 13.2 Å². The summed E-state index contributed by atoms with van der Waals surface area (Å²) in [5.41, 5.74) is 0. The van der Waals surface area contributed by atoms with Gasteiger partial charge in [-0.1, -0.05) is 12.1 Å². The molecule has 1 unspecified atom stereocenters. The Morgan fingerprint density at radius 2 is 1.75 bits per heavy atom. The van der Waals surface area contributed by atoms with Gasteiger partial charge in [0.2, 0.25) is 10.0 Å². The van der Waals surface area contributed by atoms with Gasteiger partial charge >= 0.3 is 5.97 Å². The maximum absolute atomic E-state index is 12.9. The molecule has 0 spiro atoms. The van der Waals surface area contributed by atoms with Crippen LogP contribution in [-0.2, 0) is 19.6 Å². The van der Waals surface area contributed by atoms with Gasteiger partial charge in [0, 0.05) is 13.1 Å². The van der Waals surface area contributed by atoms with Crippen molar-refractivity contribution < 1.29 is 32.2 Å². The van der Waals surface area contributed by atoms with Gasteiger partial charge in [-0.3, -0.25) is 4.79 Å². The molecule has 2 aromatic rings. The zero-order valence-corrected chi connectivity index (χ0v) is 18.8. The second-order valence-corrected chi connectivity index (χ2v) is 9.65. The fourth-order valence-corrected chi connectivity index (χ4v) is 5.26. The predicted molar refractivity (Wildman–Crippen MR) is 116 cm³/mol. The van der Waals surface area contributed by atoms with Gasteiger partial charge in [0.1, 0.15) is 19.0 Å². The van der Waals surface area contributed by atoms with Gasteiger partial charge in [-0.15, -0.1) is 0 Å². The molecular weight excluding hydrogens is 434 g/mol. The number of ether oxygens (including phenoxy) is 4. The van der Waals surface area contributed by atoms with Gasteiger partial charge in [-0.25, -0.2) is 8.42 Å². The number of esters is 1. The minimum absolute atomic E-state index is 0.0951. The zero-order valence-electron chi connectivity index (χ0n) is 17.9. The quantitative estimate of drug-likeness (QED) is 0.586. The first-order valence-corrected chi connectivity index (χ1v) is 12.2. The maximum Gasteiger partial charge on any atom is 0.309 e. The Balaban J connectivity index is 1.26. The van der Waals surface area contributed by atoms with Crippen LogP contribution in [0.1, 0.15) is 19.8 Å². The number of hydrogen-bond donors (Lipinski definition) is 0. The number of piperidine rings is 1. The molecule has 8 nitrogen and oxygen atoms in total. The van der Waals surface area contributed by atoms with Crippen LogP contribution in [0.5, 0.6) is 17.2 Å². The molecule has 1 fully saturated rings. The molecule has 172 valence electrons. The van der Waals surface area contributed by atoms with Crippen molar-refractivity contribution in [3.8, 4) is 17.2 Å². The van der Waals surface area contributed by atoms with Crippen molar-refractivity contribution in [2.75, 3.05) is 32.9 Å². The van der Waals surface area contributed by atoms with Crippen LogP contribution in [0.15, 0.2) is 53.4 Å². The molecule has 2 aliphatic rings. The number of nitrogens with zero attached hydrogens (tertiary/aromatic N) is 1. The zero-order chi connectivity index (χ0) is 22.6. The Kier molecular flexibility index (Phi) is 6.86. The van der Waals surface area contributed by atoms with Gasteiger partial charge in [-0.2, -0.15) is 4.31 Å². The van der Waals surface area contributed by atoms with E-state index >= 15 is 0 Å². The highest BCUT2D eigenvalue weighted by molar-refractivity contribution is 7.89. The second kappa shape index (κ2) is 9.79. The van der Waals surface area contributed by atoms with Gasteiger partial charge in [0.05, 0.1) is 17.4 Å². The van der Waals surface area contributed by atoms with Crippen LogP contribution in [0, 0.1) is 5.92 Å². The molecule has 1 atom stereocenters. The van der Waals surface area contributed by atoms with Crippen LogP contribution >= 0.6 is 0 Å². The highest BCUT2D eigenvalue weighted by atomic mass is 32.2. The Morgan fingerprint density at radius 1 is 1.06 bits per heavy atom. The Hall–Kier alpha value is -2.78. The van der Waals surface area contributed by atoms with Crippen molar-refractivity contribution in [2.45, 2.75) is 30.8 Å². The lowest BCUT2D eigenvalue weighted by Crippen LogP contribution is -2.41. The minimum Gasteiger partial charge on any atom is -0.494 e. The van der Waals surface area contributed by atoms with Crippen molar-refractivity contribution >= 4 is 16.0 Å². The smallest absolute Gasteiger partial charge is 0.309 e. The summed E-state index contributed by atoms with van der Waals surface area (Å²) in [5, 5.41) is 0. The Bertz CT molecular complexity index is 1030. The highest BCUT2D eigenvalue weighted by Gasteiger charge is 2.33. The van der Waals surface area contributed by atoms with Crippen LogP contribution in [-0.4, -0.2) is 57.7 Å². The third-order valence-electron chi connectivity index (χ3n) is 5.54. The lowest BCUT2D eigenvalue weighted by molar-refractivity contribution is -0.153. The third-order valence-corrected chi connectivity index (χ3v) is 7.45. The summed E-state index contributed by atoms with van der Waals surface area (Å²) in [6.45, 7) is 3.33. The van der Waals surface area contributed by atoms with Crippen LogP contribution < -0.4 is 14.2 Å². The number of carbonyl (C=O) groups excluding carboxylic acids is 1. The maximum atomic E-state index is 12.9. The number of benzene rings is 2. The normalized spacial score (nSPS) is 19.3. The van der Waals surface area contributed by atoms with E-state index in [0.717, 1.165) is 0 Å². The molecule has 0 amide bonds. The summed E-state index contributed by atoms with van der Waals surface area (Å²) in [6, 6.07) is 13.7. The number of fused-ring (bicyclic) bond motifs is 1. The van der Waals surface area contributed by atoms with E-state index < -0.39 is 10.0 Å². The molecule has 4 rings (SSSR count). The number of para-hydroxylation sites is 2. The average Bonchev–Trinajstić information content (AvgIpc) is 2.83. The summed E-state index contributed by atoms with van der Waals surface area (Å²) in [4.78, 5) is 12.7. The molecule has 9 heteroatoms. The van der Waals surface area contributed by atoms with Crippen molar-refractivity contribution in [2.24, 2.45) is 5.92 Å². The average molecular weight is 462 g/mol. The van der Waals surface area contributed by atoms with Gasteiger partial charge in [0.25, 0.3) is 0 Å². The molecule has 2 aliphatic heterocycles. The van der Waals surface area contributed by atoms with Gasteiger partial charge in [0.15, 0.2) is 17.6 Å². The predicted octanol–water partition coefficient (Wildman–Crippen LogP) is 2.87. The van der Waals surface area contributed by atoms with E-state index in [-0.39, 0.29) is 42.6 Å². The summed E-state index contributed by atoms with van der Waals surface area (Å²) >= 11 is 0. The lowest BCUT2D eigenvalue weighted by Gasteiger charge is -2.31. The number of rotatable bonds is 7. The molecule has 0 radical (unpaired) electrons. The van der Waals surface area contributed by atoms with Crippen molar-refractivity contribution in [3.05, 3.63) is 48.5 Å². The van der Waals surface area contributed by atoms with Crippen LogP contribution in [0.25, 0.3) is 0 Å². The van der Waals surface area contributed by atoms with E-state index in [1.807, 2.05) is 31.2 Å². The molecule has 0 aromatic heterocycles. The van der Waals surface area contributed by atoms with Crippen molar-refractivity contribution in [3.63, 3.8) is 0 Å². The van der Waals surface area contributed by atoms with Crippen LogP contribution in [0.2, 0.25) is 0 Å². The first-order valence-electron chi connectivity index (χ1n) is 10.8. The van der Waals surface area contributed by atoms with Crippen molar-refractivity contribution in [1.82, 2.24) is 4.31 Å². The Morgan fingerprint density at radius 3 is 2.44 bits per heavy atom. The van der Waals surface area contributed by atoms with Crippen molar-refractivity contribution in [1.29, 1.82) is 0 Å². The summed E-state index contributed by atoms with van der Waals surface area (Å²) in [5.74, 6) is 1.27. The molecule has 0 bridgehead atoms. The summed E-state index contributed by atoms with van der Waals surface area (Å²) < 4.78 is 49.5. The molecule has 0 saturated carbocycles. The number of carbonyl (C=O) groups is 1. The topological polar surface area (TPSA) is 91.4 Å². The fourth-order valence-electron chi connectivity index (χ4n) is 3.79. The Labute approximate surface area is 188 Å². The lowest BCUT2D eigenvalue weighted by atomic mass is 9.98.